The molecule has 6 rings (SSSR count). The minimum absolute atomic E-state index is 0.732. The summed E-state index contributed by atoms with van der Waals surface area (Å²) < 4.78 is 9.24. The number of hydrogen-bond acceptors (Lipinski definition) is 9. The van der Waals surface area contributed by atoms with Crippen LogP contribution in [0.2, 0.25) is 0 Å². The lowest BCUT2D eigenvalue weighted by molar-refractivity contribution is 0.111. The van der Waals surface area contributed by atoms with E-state index >= 15 is 0 Å². The van der Waals surface area contributed by atoms with Crippen LogP contribution >= 0.6 is 57.1 Å². The maximum Gasteiger partial charge on any atom is 0.160 e. The van der Waals surface area contributed by atoms with E-state index in [2.05, 4.69) is 45.1 Å². The van der Waals surface area contributed by atoms with Crippen molar-refractivity contribution in [2.24, 2.45) is 0 Å². The molecule has 0 N–H and O–H groups in total. The highest BCUT2D eigenvalue weighted by atomic mass is 32.1. The van der Waals surface area contributed by atoms with Crippen LogP contribution in [-0.4, -0.2) is 21.3 Å². The maximum absolute atomic E-state index is 11.0. The molecule has 0 spiro atoms. The number of carbonyl (C=O) groups excluding carboxylic acids is 2. The predicted octanol–water partition coefficient (Wildman–Crippen LogP) is 8.23. The molecular weight excluding hydrogens is 509 g/mol. The van der Waals surface area contributed by atoms with E-state index in [4.69, 9.17) is 0 Å². The molecule has 0 aliphatic carbocycles. The third kappa shape index (κ3) is 3.71. The fraction of sp³-hybridized carbons (Fsp3) is 0. The molecule has 5 aromatic heterocycles. The van der Waals surface area contributed by atoms with E-state index in [1.54, 1.807) is 22.7 Å². The first-order chi connectivity index (χ1) is 16.2. The largest absolute Gasteiger partial charge is 0.297 e. The number of hydrogen-bond donors (Lipinski definition) is 0. The highest BCUT2D eigenvalue weighted by molar-refractivity contribution is 7.25. The van der Waals surface area contributed by atoms with Gasteiger partial charge in [0, 0.05) is 40.4 Å². The van der Waals surface area contributed by atoms with Gasteiger partial charge in [-0.25, -0.2) is 0 Å². The van der Waals surface area contributed by atoms with Crippen LogP contribution in [0.15, 0.2) is 60.7 Å². The highest BCUT2D eigenvalue weighted by Gasteiger charge is 2.17. The molecule has 33 heavy (non-hydrogen) atoms. The lowest BCUT2D eigenvalue weighted by Crippen LogP contribution is -1.81. The molecule has 4 nitrogen and oxygen atoms in total. The molecule has 0 saturated carbocycles. The topological polar surface area (TPSA) is 59.9 Å². The Kier molecular flexibility index (Phi) is 5.35. The summed E-state index contributed by atoms with van der Waals surface area (Å²) in [7, 11) is 0. The Morgan fingerprint density at radius 3 is 1.30 bits per heavy atom. The fourth-order valence-corrected chi connectivity index (χ4v) is 8.06. The van der Waals surface area contributed by atoms with Gasteiger partial charge >= 0.3 is 0 Å². The molecule has 160 valence electrons. The number of fused-ring (bicyclic) bond motifs is 1. The zero-order valence-electron chi connectivity index (χ0n) is 16.7. The minimum atomic E-state index is 0.732. The molecule has 0 radical (unpaired) electrons. The minimum Gasteiger partial charge on any atom is -0.297 e. The van der Waals surface area contributed by atoms with Gasteiger partial charge in [0.05, 0.1) is 21.5 Å². The Balaban J connectivity index is 1.38. The molecule has 0 bridgehead atoms. The van der Waals surface area contributed by atoms with Crippen molar-refractivity contribution in [2.45, 2.75) is 0 Å². The number of thiophene rings is 4. The summed E-state index contributed by atoms with van der Waals surface area (Å²) in [5, 5.41) is 0. The van der Waals surface area contributed by atoms with Crippen LogP contribution in [0, 0.1) is 0 Å². The van der Waals surface area contributed by atoms with Gasteiger partial charge in [0.25, 0.3) is 0 Å². The second kappa shape index (κ2) is 8.51. The number of benzene rings is 1. The second-order valence-corrected chi connectivity index (χ2v) is 12.0. The summed E-state index contributed by atoms with van der Waals surface area (Å²) in [4.78, 5) is 30.2. The van der Waals surface area contributed by atoms with Crippen molar-refractivity contribution in [3.63, 3.8) is 0 Å². The fourth-order valence-electron chi connectivity index (χ4n) is 3.59. The Morgan fingerprint density at radius 1 is 0.485 bits per heavy atom. The second-order valence-electron chi connectivity index (χ2n) is 7.09. The van der Waals surface area contributed by atoms with Crippen molar-refractivity contribution < 1.29 is 9.59 Å². The third-order valence-corrected chi connectivity index (χ3v) is 10.3. The molecule has 9 heteroatoms. The van der Waals surface area contributed by atoms with E-state index in [9.17, 15) is 9.59 Å². The number of aromatic nitrogens is 2. The normalized spacial score (nSPS) is 11.3. The van der Waals surface area contributed by atoms with Gasteiger partial charge in [0.15, 0.2) is 12.6 Å². The molecule has 5 heterocycles. The monoisotopic (exact) mass is 520 g/mol. The van der Waals surface area contributed by atoms with Crippen molar-refractivity contribution in [2.75, 3.05) is 0 Å². The summed E-state index contributed by atoms with van der Waals surface area (Å²) in [5.74, 6) is 0. The van der Waals surface area contributed by atoms with Crippen molar-refractivity contribution in [1.82, 2.24) is 8.75 Å². The van der Waals surface area contributed by atoms with Gasteiger partial charge in [-0.15, -0.1) is 45.3 Å². The van der Waals surface area contributed by atoms with E-state index in [0.717, 1.165) is 73.7 Å². The van der Waals surface area contributed by atoms with Crippen LogP contribution < -0.4 is 0 Å². The molecule has 0 unspecified atom stereocenters. The van der Waals surface area contributed by atoms with Crippen molar-refractivity contribution in [3.8, 4) is 40.4 Å². The predicted molar refractivity (Wildman–Crippen MR) is 141 cm³/mol. The van der Waals surface area contributed by atoms with Crippen LogP contribution in [-0.2, 0) is 0 Å². The van der Waals surface area contributed by atoms with Crippen LogP contribution in [0.25, 0.3) is 51.4 Å². The number of carbonyl (C=O) groups is 2. The zero-order chi connectivity index (χ0) is 22.4. The summed E-state index contributed by atoms with van der Waals surface area (Å²) >= 11 is 7.62. The Bertz CT molecular complexity index is 1510. The van der Waals surface area contributed by atoms with Crippen molar-refractivity contribution in [3.05, 3.63) is 70.4 Å². The molecule has 0 aliphatic rings. The smallest absolute Gasteiger partial charge is 0.160 e. The SMILES string of the molecule is O=Cc1ccc(-c2ccc(-c3ccc(-c4ccc(-c5ccc(C=O)s5)s4)c4nsnc34)s2)s1. The quantitative estimate of drug-likeness (QED) is 0.208. The molecule has 0 atom stereocenters. The Labute approximate surface area is 208 Å². The van der Waals surface area contributed by atoms with Gasteiger partial charge in [0.2, 0.25) is 0 Å². The summed E-state index contributed by atoms with van der Waals surface area (Å²) in [6, 6.07) is 20.4. The molecule has 0 amide bonds. The van der Waals surface area contributed by atoms with E-state index in [1.165, 1.54) is 34.4 Å². The van der Waals surface area contributed by atoms with Crippen LogP contribution in [0.5, 0.6) is 0 Å². The van der Waals surface area contributed by atoms with Gasteiger partial charge in [-0.05, 0) is 48.5 Å². The standard InChI is InChI=1S/C24H12N2O2S5/c27-11-13-1-5-19(29-13)21-9-7-17(31-21)15-3-4-16(24-23(15)25-33-26-24)18-8-10-22(32-18)20-6-2-14(12-28)30-20/h1-12H. The van der Waals surface area contributed by atoms with Crippen molar-refractivity contribution >= 4 is 80.7 Å². The lowest BCUT2D eigenvalue weighted by Gasteiger charge is -2.03. The number of nitrogens with zero attached hydrogens (tertiary/aromatic N) is 2. The Hall–Kier alpha value is -2.82. The van der Waals surface area contributed by atoms with Crippen LogP contribution in [0.3, 0.4) is 0 Å². The van der Waals surface area contributed by atoms with E-state index in [0.29, 0.717) is 0 Å². The summed E-state index contributed by atoms with van der Waals surface area (Å²) in [6.45, 7) is 0. The first-order valence-corrected chi connectivity index (χ1v) is 13.8. The van der Waals surface area contributed by atoms with Crippen LogP contribution in [0.1, 0.15) is 19.3 Å². The maximum atomic E-state index is 11.0. The molecular formula is C24H12N2O2S5. The Morgan fingerprint density at radius 2 is 0.879 bits per heavy atom. The molecule has 0 aliphatic heterocycles. The summed E-state index contributed by atoms with van der Waals surface area (Å²) in [6.07, 6.45) is 1.78. The van der Waals surface area contributed by atoms with Gasteiger partial charge in [0.1, 0.15) is 11.0 Å². The van der Waals surface area contributed by atoms with E-state index < -0.39 is 0 Å². The van der Waals surface area contributed by atoms with Gasteiger partial charge in [-0.2, -0.15) is 8.75 Å². The first kappa shape index (κ1) is 20.8. The van der Waals surface area contributed by atoms with Crippen molar-refractivity contribution in [1.29, 1.82) is 0 Å². The van der Waals surface area contributed by atoms with Gasteiger partial charge in [-0.3, -0.25) is 9.59 Å². The number of rotatable bonds is 6. The van der Waals surface area contributed by atoms with E-state index in [1.807, 2.05) is 24.3 Å². The highest BCUT2D eigenvalue weighted by Crippen LogP contribution is 2.43. The molecule has 0 saturated heterocycles. The average Bonchev–Trinajstić information content (AvgIpc) is 3.68. The summed E-state index contributed by atoms with van der Waals surface area (Å²) in [5.41, 5.74) is 3.94. The molecule has 1 aromatic carbocycles. The molecule has 0 fully saturated rings. The number of aldehydes is 2. The third-order valence-electron chi connectivity index (χ3n) is 5.13. The zero-order valence-corrected chi connectivity index (χ0v) is 20.8. The first-order valence-electron chi connectivity index (χ1n) is 9.80. The van der Waals surface area contributed by atoms with E-state index in [-0.39, 0.29) is 0 Å². The van der Waals surface area contributed by atoms with Gasteiger partial charge < -0.3 is 0 Å². The molecule has 6 aromatic rings. The average molecular weight is 521 g/mol. The van der Waals surface area contributed by atoms with Crippen LogP contribution in [0.4, 0.5) is 0 Å². The van der Waals surface area contributed by atoms with Gasteiger partial charge in [-0.1, -0.05) is 12.1 Å². The lowest BCUT2D eigenvalue weighted by atomic mass is 10.1.